The average molecular weight is 369 g/mol. The molecule has 0 aromatic heterocycles. The summed E-state index contributed by atoms with van der Waals surface area (Å²) in [5.41, 5.74) is 1.26. The Bertz CT molecular complexity index is 721. The van der Waals surface area contributed by atoms with Crippen molar-refractivity contribution in [3.63, 3.8) is 0 Å². The lowest BCUT2D eigenvalue weighted by Gasteiger charge is -2.58. The van der Waals surface area contributed by atoms with Crippen LogP contribution in [0.25, 0.3) is 0 Å². The molecule has 0 aromatic carbocycles. The Morgan fingerprint density at radius 3 is 2.89 bits per heavy atom. The molecule has 0 saturated heterocycles. The van der Waals surface area contributed by atoms with Crippen molar-refractivity contribution < 1.29 is 14.6 Å². The molecule has 3 saturated carbocycles. The van der Waals surface area contributed by atoms with Crippen molar-refractivity contribution in [3.05, 3.63) is 36.5 Å². The van der Waals surface area contributed by atoms with Crippen molar-refractivity contribution in [2.24, 2.45) is 35.0 Å². The van der Waals surface area contributed by atoms with Gasteiger partial charge in [0.25, 0.3) is 0 Å². The molecule has 3 heteroatoms. The van der Waals surface area contributed by atoms with Gasteiger partial charge < -0.3 is 9.84 Å². The van der Waals surface area contributed by atoms with Crippen LogP contribution in [0.3, 0.4) is 0 Å². The summed E-state index contributed by atoms with van der Waals surface area (Å²) in [4.78, 5) is 12.0. The molecular weight excluding hydrogens is 336 g/mol. The molecule has 3 fully saturated rings. The third kappa shape index (κ3) is 2.31. The average Bonchev–Trinajstić information content (AvgIpc) is 3.21. The van der Waals surface area contributed by atoms with Crippen LogP contribution < -0.4 is 0 Å². The largest absolute Gasteiger partial charge is 0.365 e. The number of hydrogen-bond donors (Lipinski definition) is 1. The molecule has 3 nitrogen and oxygen atoms in total. The van der Waals surface area contributed by atoms with Gasteiger partial charge in [0.05, 0.1) is 5.60 Å². The molecular formula is C24H32O3. The number of hydrogen-bond acceptors (Lipinski definition) is 3. The summed E-state index contributed by atoms with van der Waals surface area (Å²) in [5, 5.41) is 10.1. The minimum atomic E-state index is -0.745. The topological polar surface area (TPSA) is 46.5 Å². The Labute approximate surface area is 162 Å². The van der Waals surface area contributed by atoms with Crippen LogP contribution in [0.4, 0.5) is 0 Å². The molecule has 4 unspecified atom stereocenters. The molecule has 0 aromatic rings. The fourth-order valence-electron chi connectivity index (χ4n) is 8.08. The Morgan fingerprint density at radius 2 is 2.19 bits per heavy atom. The summed E-state index contributed by atoms with van der Waals surface area (Å²) >= 11 is 0. The fraction of sp³-hybridized carbons (Fsp3) is 0.708. The zero-order valence-electron chi connectivity index (χ0n) is 16.4. The highest BCUT2D eigenvalue weighted by molar-refractivity contribution is 5.91. The van der Waals surface area contributed by atoms with Gasteiger partial charge >= 0.3 is 0 Å². The molecule has 1 aliphatic heterocycles. The van der Waals surface area contributed by atoms with Crippen LogP contribution in [0, 0.1) is 35.0 Å². The molecule has 5 aliphatic rings. The summed E-state index contributed by atoms with van der Waals surface area (Å²) < 4.78 is 6.21. The highest BCUT2D eigenvalue weighted by Crippen LogP contribution is 2.69. The first-order chi connectivity index (χ1) is 13.0. The first kappa shape index (κ1) is 17.9. The van der Waals surface area contributed by atoms with Crippen LogP contribution in [-0.2, 0) is 9.53 Å². The van der Waals surface area contributed by atoms with E-state index >= 15 is 0 Å². The van der Waals surface area contributed by atoms with E-state index in [1.165, 1.54) is 24.8 Å². The summed E-state index contributed by atoms with van der Waals surface area (Å²) in [6.45, 7) is 6.52. The van der Waals surface area contributed by atoms with Gasteiger partial charge in [-0.2, -0.15) is 0 Å². The third-order valence-electron chi connectivity index (χ3n) is 9.06. The van der Waals surface area contributed by atoms with E-state index in [2.05, 4.69) is 25.7 Å². The first-order valence-electron chi connectivity index (χ1n) is 10.9. The predicted molar refractivity (Wildman–Crippen MR) is 105 cm³/mol. The first-order valence-corrected chi connectivity index (χ1v) is 10.9. The van der Waals surface area contributed by atoms with Gasteiger partial charge in [-0.3, -0.25) is 4.79 Å². The van der Waals surface area contributed by atoms with E-state index in [-0.39, 0.29) is 11.0 Å². The second kappa shape index (κ2) is 6.15. The van der Waals surface area contributed by atoms with Gasteiger partial charge in [-0.25, -0.2) is 0 Å². The molecule has 4 aliphatic carbocycles. The minimum Gasteiger partial charge on any atom is -0.365 e. The standard InChI is InChI=1S/C24H32O3/c1-3-15-13-16-14-17(25)5-6-18(16)19-7-10-23(4-2)20(22(15)19)8-11-24(23)12-9-21(26)27-24/h3,9,12,14-15,18-22,26H,1,4-8,10-11,13H2,2H3/t15-,18-,19?,20?,21?,22?,23-,24+/m0/s1. The van der Waals surface area contributed by atoms with Gasteiger partial charge in [0.1, 0.15) is 0 Å². The van der Waals surface area contributed by atoms with E-state index in [1.54, 1.807) is 0 Å². The van der Waals surface area contributed by atoms with Crippen LogP contribution in [0.5, 0.6) is 0 Å². The normalized spacial score (nSPS) is 50.9. The molecule has 0 bridgehead atoms. The lowest BCUT2D eigenvalue weighted by atomic mass is 9.47. The summed E-state index contributed by atoms with van der Waals surface area (Å²) in [7, 11) is 0. The molecule has 5 rings (SSSR count). The Morgan fingerprint density at radius 1 is 1.33 bits per heavy atom. The molecule has 146 valence electrons. The maximum atomic E-state index is 12.0. The van der Waals surface area contributed by atoms with Gasteiger partial charge in [0, 0.05) is 11.8 Å². The molecule has 1 N–H and O–H groups in total. The predicted octanol–water partition coefficient (Wildman–Crippen LogP) is 4.57. The monoisotopic (exact) mass is 368 g/mol. The van der Waals surface area contributed by atoms with Crippen LogP contribution >= 0.6 is 0 Å². The number of ether oxygens (including phenoxy) is 1. The van der Waals surface area contributed by atoms with Crippen LogP contribution in [-0.4, -0.2) is 22.8 Å². The van der Waals surface area contributed by atoms with E-state index in [0.717, 1.165) is 32.1 Å². The summed E-state index contributed by atoms with van der Waals surface area (Å²) in [6.07, 6.45) is 15.9. The van der Waals surface area contributed by atoms with Crippen molar-refractivity contribution in [1.82, 2.24) is 0 Å². The fourth-order valence-corrected chi connectivity index (χ4v) is 8.08. The maximum Gasteiger partial charge on any atom is 0.175 e. The Hall–Kier alpha value is -1.19. The number of carbonyl (C=O) groups is 1. The zero-order valence-corrected chi connectivity index (χ0v) is 16.4. The smallest absolute Gasteiger partial charge is 0.175 e. The molecule has 0 amide bonds. The lowest BCUT2D eigenvalue weighted by Crippen LogP contribution is -2.55. The van der Waals surface area contributed by atoms with Gasteiger partial charge in [-0.15, -0.1) is 6.58 Å². The number of allylic oxidation sites excluding steroid dienone is 2. The van der Waals surface area contributed by atoms with Crippen LogP contribution in [0.15, 0.2) is 36.5 Å². The van der Waals surface area contributed by atoms with E-state index in [0.29, 0.717) is 35.4 Å². The number of ketones is 1. The van der Waals surface area contributed by atoms with Crippen molar-refractivity contribution in [1.29, 1.82) is 0 Å². The number of aliphatic hydroxyl groups excluding tert-OH is 1. The molecule has 1 spiro atoms. The van der Waals surface area contributed by atoms with Crippen molar-refractivity contribution in [2.75, 3.05) is 0 Å². The highest BCUT2D eigenvalue weighted by Gasteiger charge is 2.66. The summed E-state index contributed by atoms with van der Waals surface area (Å²) in [6, 6.07) is 0. The minimum absolute atomic E-state index is 0.134. The number of aliphatic hydroxyl groups is 1. The second-order valence-corrected chi connectivity index (χ2v) is 9.63. The molecule has 27 heavy (non-hydrogen) atoms. The Balaban J connectivity index is 1.54. The third-order valence-corrected chi connectivity index (χ3v) is 9.06. The number of rotatable bonds is 2. The second-order valence-electron chi connectivity index (χ2n) is 9.63. The van der Waals surface area contributed by atoms with Crippen molar-refractivity contribution in [3.8, 4) is 0 Å². The molecule has 8 atom stereocenters. The van der Waals surface area contributed by atoms with E-state index < -0.39 is 6.29 Å². The number of fused-ring (bicyclic) bond motifs is 6. The highest BCUT2D eigenvalue weighted by atomic mass is 16.6. The van der Waals surface area contributed by atoms with Gasteiger partial charge in [-0.05, 0) is 86.7 Å². The maximum absolute atomic E-state index is 12.0. The Kier molecular flexibility index (Phi) is 4.07. The van der Waals surface area contributed by atoms with Gasteiger partial charge in [0.2, 0.25) is 0 Å². The number of carbonyl (C=O) groups excluding carboxylic acids is 1. The quantitative estimate of drug-likeness (QED) is 0.726. The van der Waals surface area contributed by atoms with Gasteiger partial charge in [0.15, 0.2) is 12.1 Å². The van der Waals surface area contributed by atoms with Gasteiger partial charge in [-0.1, -0.05) is 24.6 Å². The molecule has 0 radical (unpaired) electrons. The van der Waals surface area contributed by atoms with E-state index in [4.69, 9.17) is 4.74 Å². The zero-order chi connectivity index (χ0) is 18.8. The molecule has 1 heterocycles. The van der Waals surface area contributed by atoms with Crippen molar-refractivity contribution in [2.45, 2.75) is 70.2 Å². The SMILES string of the molecule is C=C[C@H]1CC2=CC(=O)CC[C@@H]2C2CC[C@@]3(CC)C(CC[C@@]34C=CC(O)O4)C21. The van der Waals surface area contributed by atoms with Crippen LogP contribution in [0.2, 0.25) is 0 Å². The summed E-state index contributed by atoms with van der Waals surface area (Å²) in [5.74, 6) is 3.32. The van der Waals surface area contributed by atoms with E-state index in [9.17, 15) is 9.90 Å². The van der Waals surface area contributed by atoms with Crippen molar-refractivity contribution >= 4 is 5.78 Å². The lowest BCUT2D eigenvalue weighted by molar-refractivity contribution is -0.190. The van der Waals surface area contributed by atoms with Crippen LogP contribution in [0.1, 0.15) is 58.3 Å². The van der Waals surface area contributed by atoms with E-state index in [1.807, 2.05) is 12.2 Å².